The monoisotopic (exact) mass is 372 g/mol. The summed E-state index contributed by atoms with van der Waals surface area (Å²) in [5.74, 6) is 1.61. The average molecular weight is 373 g/mol. The number of nitrogens with one attached hydrogen (secondary N) is 2. The van der Waals surface area contributed by atoms with Gasteiger partial charge in [-0.25, -0.2) is 0 Å². The molecule has 3 nitrogen and oxygen atoms in total. The maximum Gasteiger partial charge on any atom is 0.224 e. The number of aryl methyl sites for hydroxylation is 1. The molecule has 2 N–H and O–H groups in total. The summed E-state index contributed by atoms with van der Waals surface area (Å²) < 4.78 is 0. The first-order valence-electron chi connectivity index (χ1n) is 7.88. The first kappa shape index (κ1) is 20.3. The van der Waals surface area contributed by atoms with Gasteiger partial charge in [-0.1, -0.05) is 31.3 Å². The van der Waals surface area contributed by atoms with E-state index in [4.69, 9.17) is 23.8 Å². The molecular formula is C17H25ClN2OS2. The Morgan fingerprint density at radius 3 is 2.78 bits per heavy atom. The van der Waals surface area contributed by atoms with Crippen LogP contribution >= 0.6 is 35.6 Å². The van der Waals surface area contributed by atoms with E-state index in [2.05, 4.69) is 23.8 Å². The van der Waals surface area contributed by atoms with Gasteiger partial charge < -0.3 is 10.6 Å². The molecule has 0 aliphatic heterocycles. The Morgan fingerprint density at radius 2 is 2.13 bits per heavy atom. The average Bonchev–Trinajstić information content (AvgIpc) is 2.56. The number of hydrogen-bond acceptors (Lipinski definition) is 3. The summed E-state index contributed by atoms with van der Waals surface area (Å²) >= 11 is 12.9. The first-order chi connectivity index (χ1) is 11.1. The van der Waals surface area contributed by atoms with E-state index in [1.54, 1.807) is 0 Å². The van der Waals surface area contributed by atoms with Gasteiger partial charge in [0.05, 0.1) is 0 Å². The fraction of sp³-hybridized carbons (Fsp3) is 0.529. The van der Waals surface area contributed by atoms with Gasteiger partial charge in [-0.15, -0.1) is 11.6 Å². The van der Waals surface area contributed by atoms with Crippen molar-refractivity contribution in [2.45, 2.75) is 32.6 Å². The minimum Gasteiger partial charge on any atom is -0.376 e. The lowest BCUT2D eigenvalue weighted by Crippen LogP contribution is -2.24. The Hall–Kier alpha value is -0.780. The fourth-order valence-corrected chi connectivity index (χ4v) is 2.90. The number of thiocarbonyl (C=S) groups is 1. The molecule has 1 amide bonds. The number of anilines is 1. The maximum atomic E-state index is 11.9. The summed E-state index contributed by atoms with van der Waals surface area (Å²) in [5.41, 5.74) is 2.89. The highest BCUT2D eigenvalue weighted by atomic mass is 35.5. The Bertz CT molecular complexity index is 523. The van der Waals surface area contributed by atoms with Crippen LogP contribution in [-0.2, 0) is 11.2 Å². The van der Waals surface area contributed by atoms with Crippen LogP contribution in [0.2, 0.25) is 0 Å². The first-order valence-corrected chi connectivity index (χ1v) is 10.2. The molecule has 0 aliphatic rings. The van der Waals surface area contributed by atoms with Gasteiger partial charge in [-0.05, 0) is 42.9 Å². The van der Waals surface area contributed by atoms with E-state index in [1.165, 1.54) is 0 Å². The van der Waals surface area contributed by atoms with Crippen molar-refractivity contribution >= 4 is 52.2 Å². The van der Waals surface area contributed by atoms with E-state index in [9.17, 15) is 4.79 Å². The highest BCUT2D eigenvalue weighted by molar-refractivity contribution is 7.98. The third kappa shape index (κ3) is 7.55. The molecule has 0 saturated heterocycles. The molecule has 0 unspecified atom stereocenters. The number of rotatable bonds is 10. The number of alkyl halides is 1. The summed E-state index contributed by atoms with van der Waals surface area (Å²) in [6, 6.07) is 6.00. The van der Waals surface area contributed by atoms with Crippen LogP contribution in [-0.4, -0.2) is 35.3 Å². The Kier molecular flexibility index (Phi) is 10.3. The van der Waals surface area contributed by atoms with Crippen molar-refractivity contribution in [3.63, 3.8) is 0 Å². The number of carbonyl (C=O) groups is 1. The van der Waals surface area contributed by atoms with E-state index in [1.807, 2.05) is 30.0 Å². The SMILES string of the molecule is CCc1ccc(C(=S)NCCCSC)cc1NC(=O)CCCCl. The predicted octanol–water partition coefficient (Wildman–Crippen LogP) is 4.22. The zero-order valence-electron chi connectivity index (χ0n) is 13.8. The van der Waals surface area contributed by atoms with Crippen LogP contribution in [0, 0.1) is 0 Å². The van der Waals surface area contributed by atoms with Gasteiger partial charge in [0.2, 0.25) is 5.91 Å². The number of halogens is 1. The standard InChI is InChI=1S/C17H25ClN2OS2/c1-3-13-7-8-14(17(22)19-10-5-11-23-2)12-15(13)20-16(21)6-4-9-18/h7-8,12H,3-6,9-11H2,1-2H3,(H,19,22)(H,20,21). The van der Waals surface area contributed by atoms with E-state index < -0.39 is 0 Å². The highest BCUT2D eigenvalue weighted by Crippen LogP contribution is 2.19. The minimum absolute atomic E-state index is 0.00338. The molecule has 0 radical (unpaired) electrons. The number of benzene rings is 1. The lowest BCUT2D eigenvalue weighted by atomic mass is 10.1. The Labute approximate surface area is 153 Å². The normalized spacial score (nSPS) is 10.4. The summed E-state index contributed by atoms with van der Waals surface area (Å²) in [6.07, 6.45) is 5.16. The van der Waals surface area contributed by atoms with E-state index >= 15 is 0 Å². The van der Waals surface area contributed by atoms with Crippen LogP contribution < -0.4 is 10.6 Å². The number of amides is 1. The van der Waals surface area contributed by atoms with Crippen molar-refractivity contribution in [2.75, 3.05) is 29.8 Å². The van der Waals surface area contributed by atoms with Gasteiger partial charge >= 0.3 is 0 Å². The number of thioether (sulfide) groups is 1. The van der Waals surface area contributed by atoms with Crippen LogP contribution in [0.4, 0.5) is 5.69 Å². The largest absolute Gasteiger partial charge is 0.376 e. The third-order valence-electron chi connectivity index (χ3n) is 3.38. The molecule has 0 saturated carbocycles. The maximum absolute atomic E-state index is 11.9. The van der Waals surface area contributed by atoms with Crippen molar-refractivity contribution in [1.29, 1.82) is 0 Å². The summed E-state index contributed by atoms with van der Waals surface area (Å²) in [7, 11) is 0. The van der Waals surface area contributed by atoms with Crippen LogP contribution in [0.5, 0.6) is 0 Å². The molecule has 0 fully saturated rings. The molecule has 0 aliphatic carbocycles. The third-order valence-corrected chi connectivity index (χ3v) is 4.72. The van der Waals surface area contributed by atoms with Crippen molar-refractivity contribution in [2.24, 2.45) is 0 Å². The molecule has 0 heterocycles. The lowest BCUT2D eigenvalue weighted by Gasteiger charge is -2.13. The second kappa shape index (κ2) is 11.7. The molecule has 1 rings (SSSR count). The summed E-state index contributed by atoms with van der Waals surface area (Å²) in [6.45, 7) is 2.94. The lowest BCUT2D eigenvalue weighted by molar-refractivity contribution is -0.116. The van der Waals surface area contributed by atoms with Crippen molar-refractivity contribution < 1.29 is 4.79 Å². The van der Waals surface area contributed by atoms with E-state index in [-0.39, 0.29) is 5.91 Å². The number of hydrogen-bond donors (Lipinski definition) is 2. The predicted molar refractivity (Wildman–Crippen MR) is 107 cm³/mol. The van der Waals surface area contributed by atoms with Gasteiger partial charge in [0.25, 0.3) is 0 Å². The van der Waals surface area contributed by atoms with Crippen LogP contribution in [0.1, 0.15) is 37.3 Å². The van der Waals surface area contributed by atoms with E-state index in [0.717, 1.165) is 46.9 Å². The molecule has 128 valence electrons. The molecule has 23 heavy (non-hydrogen) atoms. The zero-order valence-corrected chi connectivity index (χ0v) is 16.2. The molecule has 1 aromatic carbocycles. The molecule has 0 aromatic heterocycles. The minimum atomic E-state index is -0.00338. The van der Waals surface area contributed by atoms with Gasteiger partial charge in [-0.3, -0.25) is 4.79 Å². The van der Waals surface area contributed by atoms with Gasteiger partial charge in [0.1, 0.15) is 4.99 Å². The van der Waals surface area contributed by atoms with Crippen LogP contribution in [0.25, 0.3) is 0 Å². The Balaban J connectivity index is 2.73. The quantitative estimate of drug-likeness (QED) is 0.366. The van der Waals surface area contributed by atoms with Crippen molar-refractivity contribution in [3.8, 4) is 0 Å². The highest BCUT2D eigenvalue weighted by Gasteiger charge is 2.09. The van der Waals surface area contributed by atoms with Gasteiger partial charge in [0.15, 0.2) is 0 Å². The van der Waals surface area contributed by atoms with Crippen molar-refractivity contribution in [3.05, 3.63) is 29.3 Å². The zero-order chi connectivity index (χ0) is 17.1. The smallest absolute Gasteiger partial charge is 0.224 e. The Morgan fingerprint density at radius 1 is 1.35 bits per heavy atom. The van der Waals surface area contributed by atoms with Crippen LogP contribution in [0.3, 0.4) is 0 Å². The summed E-state index contributed by atoms with van der Waals surface area (Å²) in [5, 5.41) is 6.25. The second-order valence-corrected chi connectivity index (χ2v) is 6.94. The molecule has 0 spiro atoms. The molecule has 0 atom stereocenters. The topological polar surface area (TPSA) is 41.1 Å². The molecule has 6 heteroatoms. The molecule has 1 aromatic rings. The molecule has 0 bridgehead atoms. The summed E-state index contributed by atoms with van der Waals surface area (Å²) in [4.78, 5) is 12.7. The van der Waals surface area contributed by atoms with Crippen molar-refractivity contribution in [1.82, 2.24) is 5.32 Å². The fourth-order valence-electron chi connectivity index (χ4n) is 2.10. The van der Waals surface area contributed by atoms with Gasteiger partial charge in [-0.2, -0.15) is 11.8 Å². The van der Waals surface area contributed by atoms with Gasteiger partial charge in [0, 0.05) is 30.1 Å². The van der Waals surface area contributed by atoms with Crippen LogP contribution in [0.15, 0.2) is 18.2 Å². The van der Waals surface area contributed by atoms with E-state index in [0.29, 0.717) is 18.7 Å². The molecular weight excluding hydrogens is 348 g/mol. The second-order valence-electron chi connectivity index (χ2n) is 5.17. The number of carbonyl (C=O) groups excluding carboxylic acids is 1.